The quantitative estimate of drug-likeness (QED) is 0.893. The lowest BCUT2D eigenvalue weighted by Gasteiger charge is -2.11. The maximum Gasteiger partial charge on any atom is 0.0620 e. The van der Waals surface area contributed by atoms with Gasteiger partial charge in [-0.15, -0.1) is 0 Å². The summed E-state index contributed by atoms with van der Waals surface area (Å²) in [6, 6.07) is 15.1. The highest BCUT2D eigenvalue weighted by molar-refractivity contribution is 6.30. The van der Waals surface area contributed by atoms with Crippen LogP contribution in [0.15, 0.2) is 48.5 Å². The summed E-state index contributed by atoms with van der Waals surface area (Å²) in [4.78, 5) is 0. The maximum absolute atomic E-state index is 10.1. The summed E-state index contributed by atoms with van der Waals surface area (Å²) in [5.41, 5.74) is 2.08. The van der Waals surface area contributed by atoms with Gasteiger partial charge in [0, 0.05) is 10.0 Å². The van der Waals surface area contributed by atoms with E-state index in [0.717, 1.165) is 11.1 Å². The summed E-state index contributed by atoms with van der Waals surface area (Å²) >= 11 is 11.8. The van der Waals surface area contributed by atoms with Crippen molar-refractivity contribution in [1.29, 1.82) is 0 Å². The predicted octanol–water partition coefficient (Wildman–Crippen LogP) is 4.14. The average molecular weight is 281 g/mol. The number of hydrogen-bond donors (Lipinski definition) is 1. The number of rotatable bonds is 4. The summed E-state index contributed by atoms with van der Waals surface area (Å²) in [6.07, 6.45) is 0.752. The molecule has 2 aromatic carbocycles. The van der Waals surface area contributed by atoms with Crippen molar-refractivity contribution in [3.05, 3.63) is 69.7 Å². The highest BCUT2D eigenvalue weighted by Gasteiger charge is 2.07. The zero-order valence-electron chi connectivity index (χ0n) is 9.81. The Balaban J connectivity index is 1.98. The minimum Gasteiger partial charge on any atom is -0.392 e. The van der Waals surface area contributed by atoms with E-state index >= 15 is 0 Å². The molecule has 18 heavy (non-hydrogen) atoms. The molecule has 0 aliphatic carbocycles. The van der Waals surface area contributed by atoms with Gasteiger partial charge in [0.1, 0.15) is 0 Å². The van der Waals surface area contributed by atoms with E-state index in [1.165, 1.54) is 0 Å². The van der Waals surface area contributed by atoms with Crippen LogP contribution in [0.1, 0.15) is 11.1 Å². The SMILES string of the molecule is OC(Cc1cccc(Cl)c1)Cc1cccc(Cl)c1. The fourth-order valence-electron chi connectivity index (χ4n) is 1.94. The fourth-order valence-corrected chi connectivity index (χ4v) is 2.37. The molecule has 2 rings (SSSR count). The normalized spacial score (nSPS) is 10.9. The number of halogens is 2. The third-order valence-electron chi connectivity index (χ3n) is 2.72. The smallest absolute Gasteiger partial charge is 0.0620 e. The summed E-state index contributed by atoms with van der Waals surface area (Å²) < 4.78 is 0. The molecule has 0 unspecified atom stereocenters. The van der Waals surface area contributed by atoms with Gasteiger partial charge in [0.25, 0.3) is 0 Å². The standard InChI is InChI=1S/C15H14Cl2O/c16-13-5-1-3-11(7-13)9-15(18)10-12-4-2-6-14(17)8-12/h1-8,15,18H,9-10H2. The van der Waals surface area contributed by atoms with E-state index in [0.29, 0.717) is 22.9 Å². The van der Waals surface area contributed by atoms with Gasteiger partial charge in [-0.3, -0.25) is 0 Å². The maximum atomic E-state index is 10.1. The summed E-state index contributed by atoms with van der Waals surface area (Å²) in [6.45, 7) is 0. The molecule has 0 aliphatic rings. The molecule has 3 heteroatoms. The van der Waals surface area contributed by atoms with Crippen molar-refractivity contribution in [3.63, 3.8) is 0 Å². The molecular formula is C15H14Cl2O. The molecule has 0 aromatic heterocycles. The Bertz CT molecular complexity index is 478. The van der Waals surface area contributed by atoms with Gasteiger partial charge in [-0.2, -0.15) is 0 Å². The minimum absolute atomic E-state index is 0.429. The molecular weight excluding hydrogens is 267 g/mol. The van der Waals surface area contributed by atoms with Crippen molar-refractivity contribution in [2.75, 3.05) is 0 Å². The van der Waals surface area contributed by atoms with Crippen LogP contribution in [0.25, 0.3) is 0 Å². The van der Waals surface area contributed by atoms with Crippen LogP contribution in [0.2, 0.25) is 10.0 Å². The van der Waals surface area contributed by atoms with E-state index in [4.69, 9.17) is 23.2 Å². The first-order valence-corrected chi connectivity index (χ1v) is 6.56. The van der Waals surface area contributed by atoms with Gasteiger partial charge in [0.15, 0.2) is 0 Å². The van der Waals surface area contributed by atoms with Crippen LogP contribution in [0.4, 0.5) is 0 Å². The fraction of sp³-hybridized carbons (Fsp3) is 0.200. The Morgan fingerprint density at radius 3 is 1.67 bits per heavy atom. The Morgan fingerprint density at radius 1 is 0.833 bits per heavy atom. The molecule has 1 N–H and O–H groups in total. The minimum atomic E-state index is -0.429. The van der Waals surface area contributed by atoms with Gasteiger partial charge in [-0.1, -0.05) is 47.5 Å². The highest BCUT2D eigenvalue weighted by atomic mass is 35.5. The van der Waals surface area contributed by atoms with Crippen molar-refractivity contribution in [2.45, 2.75) is 18.9 Å². The summed E-state index contributed by atoms with van der Waals surface area (Å²) in [7, 11) is 0. The second-order valence-corrected chi connectivity index (χ2v) is 5.19. The van der Waals surface area contributed by atoms with E-state index < -0.39 is 6.10 Å². The highest BCUT2D eigenvalue weighted by Crippen LogP contribution is 2.16. The van der Waals surface area contributed by atoms with Gasteiger partial charge in [-0.05, 0) is 48.2 Å². The van der Waals surface area contributed by atoms with E-state index in [1.807, 2.05) is 48.5 Å². The predicted molar refractivity (Wildman–Crippen MR) is 76.3 cm³/mol. The van der Waals surface area contributed by atoms with Gasteiger partial charge in [-0.25, -0.2) is 0 Å². The number of aliphatic hydroxyl groups excluding tert-OH is 1. The molecule has 0 aliphatic heterocycles. The molecule has 0 amide bonds. The molecule has 94 valence electrons. The third kappa shape index (κ3) is 4.02. The van der Waals surface area contributed by atoms with Gasteiger partial charge >= 0.3 is 0 Å². The second kappa shape index (κ2) is 6.24. The molecule has 1 nitrogen and oxygen atoms in total. The number of aliphatic hydroxyl groups is 1. The van der Waals surface area contributed by atoms with Crippen molar-refractivity contribution in [2.24, 2.45) is 0 Å². The monoisotopic (exact) mass is 280 g/mol. The molecule has 0 saturated heterocycles. The summed E-state index contributed by atoms with van der Waals surface area (Å²) in [5.74, 6) is 0. The summed E-state index contributed by atoms with van der Waals surface area (Å²) in [5, 5.41) is 11.4. The van der Waals surface area contributed by atoms with Crippen molar-refractivity contribution < 1.29 is 5.11 Å². The lowest BCUT2D eigenvalue weighted by molar-refractivity contribution is 0.175. The van der Waals surface area contributed by atoms with Crippen LogP contribution in [0.3, 0.4) is 0 Å². The van der Waals surface area contributed by atoms with E-state index in [2.05, 4.69) is 0 Å². The van der Waals surface area contributed by atoms with Crippen molar-refractivity contribution in [3.8, 4) is 0 Å². The van der Waals surface area contributed by atoms with E-state index in [9.17, 15) is 5.11 Å². The average Bonchev–Trinajstić information content (AvgIpc) is 2.28. The topological polar surface area (TPSA) is 20.2 Å². The zero-order valence-corrected chi connectivity index (χ0v) is 11.3. The van der Waals surface area contributed by atoms with Crippen LogP contribution < -0.4 is 0 Å². The zero-order chi connectivity index (χ0) is 13.0. The Labute approximate surface area is 117 Å². The lowest BCUT2D eigenvalue weighted by atomic mass is 10.0. The molecule has 0 bridgehead atoms. The first-order valence-electron chi connectivity index (χ1n) is 5.80. The van der Waals surface area contributed by atoms with Crippen LogP contribution in [-0.4, -0.2) is 11.2 Å². The van der Waals surface area contributed by atoms with Crippen molar-refractivity contribution in [1.82, 2.24) is 0 Å². The molecule has 0 spiro atoms. The van der Waals surface area contributed by atoms with Crippen LogP contribution in [0.5, 0.6) is 0 Å². The van der Waals surface area contributed by atoms with Gasteiger partial charge in [0.05, 0.1) is 6.10 Å². The van der Waals surface area contributed by atoms with E-state index in [1.54, 1.807) is 0 Å². The molecule has 0 radical (unpaired) electrons. The Morgan fingerprint density at radius 2 is 1.28 bits per heavy atom. The second-order valence-electron chi connectivity index (χ2n) is 4.32. The molecule has 2 aromatic rings. The van der Waals surface area contributed by atoms with Gasteiger partial charge < -0.3 is 5.11 Å². The molecule has 0 saturated carbocycles. The first kappa shape index (κ1) is 13.4. The van der Waals surface area contributed by atoms with E-state index in [-0.39, 0.29) is 0 Å². The van der Waals surface area contributed by atoms with Gasteiger partial charge in [0.2, 0.25) is 0 Å². The van der Waals surface area contributed by atoms with Crippen LogP contribution in [-0.2, 0) is 12.8 Å². The van der Waals surface area contributed by atoms with Crippen molar-refractivity contribution >= 4 is 23.2 Å². The Kier molecular flexibility index (Phi) is 4.65. The van der Waals surface area contributed by atoms with Crippen LogP contribution >= 0.6 is 23.2 Å². The Hall–Kier alpha value is -1.02. The molecule has 0 atom stereocenters. The first-order chi connectivity index (χ1) is 8.63. The third-order valence-corrected chi connectivity index (χ3v) is 3.19. The largest absolute Gasteiger partial charge is 0.392 e. The van der Waals surface area contributed by atoms with Crippen LogP contribution in [0, 0.1) is 0 Å². The molecule has 0 fully saturated rings. The lowest BCUT2D eigenvalue weighted by Crippen LogP contribution is -2.13. The number of hydrogen-bond acceptors (Lipinski definition) is 1. The molecule has 0 heterocycles. The number of benzene rings is 2.